The Kier molecular flexibility index (Phi) is 6.50. The summed E-state index contributed by atoms with van der Waals surface area (Å²) >= 11 is 0. The minimum atomic E-state index is -0.704. The van der Waals surface area contributed by atoms with Gasteiger partial charge in [-0.3, -0.25) is 9.69 Å². The van der Waals surface area contributed by atoms with Crippen molar-refractivity contribution < 1.29 is 19.4 Å². The molecule has 35 heavy (non-hydrogen) atoms. The summed E-state index contributed by atoms with van der Waals surface area (Å²) in [6.45, 7) is 2.04. The van der Waals surface area contributed by atoms with Gasteiger partial charge < -0.3 is 14.4 Å². The van der Waals surface area contributed by atoms with Crippen LogP contribution >= 0.6 is 0 Å². The molecule has 2 heterocycles. The van der Waals surface area contributed by atoms with Crippen molar-refractivity contribution in [2.45, 2.75) is 70.4 Å². The number of carbonyl (C=O) groups is 2. The van der Waals surface area contributed by atoms with Crippen molar-refractivity contribution >= 4 is 28.8 Å². The molecule has 7 nitrogen and oxygen atoms in total. The summed E-state index contributed by atoms with van der Waals surface area (Å²) in [5.41, 5.74) is 5.18. The topological polar surface area (TPSA) is 84.7 Å². The Morgan fingerprint density at radius 2 is 1.89 bits per heavy atom. The third kappa shape index (κ3) is 4.40. The lowest BCUT2D eigenvalue weighted by Crippen LogP contribution is -2.42. The van der Waals surface area contributed by atoms with Crippen LogP contribution in [0.1, 0.15) is 62.0 Å². The Balaban J connectivity index is 1.60. The highest BCUT2D eigenvalue weighted by Gasteiger charge is 2.34. The lowest BCUT2D eigenvalue weighted by molar-refractivity contribution is -0.143. The first kappa shape index (κ1) is 23.4. The van der Waals surface area contributed by atoms with E-state index in [0.717, 1.165) is 73.1 Å². The summed E-state index contributed by atoms with van der Waals surface area (Å²) < 4.78 is 7.39. The monoisotopic (exact) mass is 475 g/mol. The van der Waals surface area contributed by atoms with Gasteiger partial charge in [-0.05, 0) is 63.1 Å². The normalized spacial score (nSPS) is 22.1. The molecule has 3 unspecified atom stereocenters. The van der Waals surface area contributed by atoms with Crippen molar-refractivity contribution in [3.8, 4) is 0 Å². The van der Waals surface area contributed by atoms with Crippen LogP contribution in [0.2, 0.25) is 0 Å². The largest absolute Gasteiger partial charge is 0.481 e. The molecule has 3 atom stereocenters. The number of benzene rings is 2. The molecule has 5 rings (SSSR count). The van der Waals surface area contributed by atoms with E-state index in [1.54, 1.807) is 4.90 Å². The van der Waals surface area contributed by atoms with Gasteiger partial charge in [0.1, 0.15) is 5.82 Å². The predicted molar refractivity (Wildman–Crippen MR) is 135 cm³/mol. The first-order valence-electron chi connectivity index (χ1n) is 12.6. The molecule has 1 aliphatic heterocycles. The minimum absolute atomic E-state index is 0.0571. The van der Waals surface area contributed by atoms with Crippen LogP contribution in [0, 0.1) is 5.92 Å². The maximum absolute atomic E-state index is 12.6. The van der Waals surface area contributed by atoms with Gasteiger partial charge >= 0.3 is 12.1 Å². The average Bonchev–Trinajstić information content (AvgIpc) is 3.26. The molecule has 184 valence electrons. The fraction of sp³-hybridized carbons (Fsp3) is 0.464. The number of anilines is 1. The third-order valence-corrected chi connectivity index (χ3v) is 7.74. The zero-order chi connectivity index (χ0) is 24.5. The van der Waals surface area contributed by atoms with Gasteiger partial charge in [-0.1, -0.05) is 36.8 Å². The molecular formula is C28H33N3O4. The number of carboxylic acids is 1. The number of aliphatic carboxylic acids is 1. The molecule has 1 aliphatic carbocycles. The minimum Gasteiger partial charge on any atom is -0.481 e. The van der Waals surface area contributed by atoms with Crippen molar-refractivity contribution in [1.82, 2.24) is 9.55 Å². The van der Waals surface area contributed by atoms with Gasteiger partial charge in [-0.2, -0.15) is 0 Å². The molecule has 1 amide bonds. The van der Waals surface area contributed by atoms with Gasteiger partial charge in [0.2, 0.25) is 0 Å². The SMILES string of the molecule is COC(=O)N1c2ccc3c(nc(CCc4ccccc4)n3C3CCCC(C(=O)O)C3)c2CCC1C. The van der Waals surface area contributed by atoms with Gasteiger partial charge in [0, 0.05) is 24.1 Å². The Bertz CT molecular complexity index is 1240. The number of hydrogen-bond acceptors (Lipinski definition) is 4. The van der Waals surface area contributed by atoms with E-state index in [-0.39, 0.29) is 24.1 Å². The van der Waals surface area contributed by atoms with Crippen molar-refractivity contribution in [2.75, 3.05) is 12.0 Å². The first-order chi connectivity index (χ1) is 17.0. The van der Waals surface area contributed by atoms with E-state index in [1.807, 2.05) is 19.1 Å². The smallest absolute Gasteiger partial charge is 0.414 e. The molecule has 0 saturated heterocycles. The number of rotatable bonds is 5. The number of carbonyl (C=O) groups excluding carboxylic acids is 1. The van der Waals surface area contributed by atoms with Crippen molar-refractivity contribution in [3.05, 3.63) is 59.4 Å². The summed E-state index contributed by atoms with van der Waals surface area (Å²) in [6, 6.07) is 14.6. The molecule has 2 aromatic carbocycles. The van der Waals surface area contributed by atoms with Crippen LogP contribution < -0.4 is 4.90 Å². The number of nitrogens with zero attached hydrogens (tertiary/aromatic N) is 3. The number of methoxy groups -OCH3 is 1. The van der Waals surface area contributed by atoms with E-state index < -0.39 is 5.97 Å². The van der Waals surface area contributed by atoms with E-state index >= 15 is 0 Å². The van der Waals surface area contributed by atoms with Crippen LogP contribution in [0.25, 0.3) is 11.0 Å². The van der Waals surface area contributed by atoms with Gasteiger partial charge in [0.15, 0.2) is 0 Å². The fourth-order valence-corrected chi connectivity index (χ4v) is 5.93. The number of carboxylic acid groups (broad SMARTS) is 1. The Labute approximate surface area is 205 Å². The van der Waals surface area contributed by atoms with Crippen LogP contribution in [0.15, 0.2) is 42.5 Å². The van der Waals surface area contributed by atoms with E-state index in [2.05, 4.69) is 34.9 Å². The highest BCUT2D eigenvalue weighted by Crippen LogP contribution is 2.40. The van der Waals surface area contributed by atoms with Gasteiger partial charge in [0.05, 0.1) is 29.7 Å². The van der Waals surface area contributed by atoms with Crippen LogP contribution in [0.3, 0.4) is 0 Å². The molecule has 1 aromatic heterocycles. The average molecular weight is 476 g/mol. The van der Waals surface area contributed by atoms with Gasteiger partial charge in [-0.25, -0.2) is 9.78 Å². The van der Waals surface area contributed by atoms with Gasteiger partial charge in [0.25, 0.3) is 0 Å². The van der Waals surface area contributed by atoms with E-state index in [4.69, 9.17) is 9.72 Å². The number of fused-ring (bicyclic) bond motifs is 3. The van der Waals surface area contributed by atoms with Crippen LogP contribution in [0.5, 0.6) is 0 Å². The number of aryl methyl sites for hydroxylation is 3. The molecule has 1 saturated carbocycles. The molecule has 3 aromatic rings. The van der Waals surface area contributed by atoms with Crippen LogP contribution in [0.4, 0.5) is 10.5 Å². The second kappa shape index (κ2) is 9.72. The summed E-state index contributed by atoms with van der Waals surface area (Å²) in [5.74, 6) is -0.0250. The zero-order valence-corrected chi connectivity index (χ0v) is 20.4. The van der Waals surface area contributed by atoms with E-state index in [0.29, 0.717) is 6.42 Å². The number of ether oxygens (including phenoxy) is 1. The first-order valence-corrected chi connectivity index (χ1v) is 12.6. The van der Waals surface area contributed by atoms with E-state index in [1.165, 1.54) is 12.7 Å². The van der Waals surface area contributed by atoms with Crippen molar-refractivity contribution in [1.29, 1.82) is 0 Å². The predicted octanol–water partition coefficient (Wildman–Crippen LogP) is 5.54. The Morgan fingerprint density at radius 1 is 1.09 bits per heavy atom. The molecule has 0 radical (unpaired) electrons. The molecule has 2 aliphatic rings. The standard InChI is InChI=1S/C28H33N3O4/c1-18-11-13-22-23(30(18)28(34)35-2)14-15-24-26(22)29-25(16-12-19-7-4-3-5-8-19)31(24)21-10-6-9-20(17-21)27(32)33/h3-5,7-8,14-15,18,20-21H,6,9-13,16-17H2,1-2H3,(H,32,33). The Morgan fingerprint density at radius 3 is 2.63 bits per heavy atom. The van der Waals surface area contributed by atoms with Crippen molar-refractivity contribution in [3.63, 3.8) is 0 Å². The summed E-state index contributed by atoms with van der Waals surface area (Å²) in [5, 5.41) is 9.70. The number of aromatic nitrogens is 2. The molecule has 1 N–H and O–H groups in total. The quantitative estimate of drug-likeness (QED) is 0.523. The number of hydrogen-bond donors (Lipinski definition) is 1. The summed E-state index contributed by atoms with van der Waals surface area (Å²) in [7, 11) is 1.42. The van der Waals surface area contributed by atoms with Gasteiger partial charge in [-0.15, -0.1) is 0 Å². The maximum Gasteiger partial charge on any atom is 0.414 e. The fourth-order valence-electron chi connectivity index (χ4n) is 5.93. The molecular weight excluding hydrogens is 442 g/mol. The van der Waals surface area contributed by atoms with Crippen LogP contribution in [-0.2, 0) is 28.8 Å². The highest BCUT2D eigenvalue weighted by molar-refractivity contribution is 5.95. The second-order valence-corrected chi connectivity index (χ2v) is 9.90. The second-order valence-electron chi connectivity index (χ2n) is 9.90. The van der Waals surface area contributed by atoms with E-state index in [9.17, 15) is 14.7 Å². The molecule has 0 spiro atoms. The summed E-state index contributed by atoms with van der Waals surface area (Å²) in [4.78, 5) is 31.3. The van der Waals surface area contributed by atoms with Crippen molar-refractivity contribution in [2.24, 2.45) is 5.92 Å². The third-order valence-electron chi connectivity index (χ3n) is 7.74. The number of imidazole rings is 1. The maximum atomic E-state index is 12.6. The van der Waals surface area contributed by atoms with Crippen LogP contribution in [-0.4, -0.2) is 39.9 Å². The highest BCUT2D eigenvalue weighted by atomic mass is 16.5. The Hall–Kier alpha value is -3.35. The summed E-state index contributed by atoms with van der Waals surface area (Å²) in [6.07, 6.45) is 6.20. The molecule has 1 fully saturated rings. The number of amides is 1. The zero-order valence-electron chi connectivity index (χ0n) is 20.4. The molecule has 7 heteroatoms. The lowest BCUT2D eigenvalue weighted by atomic mass is 9.85. The molecule has 0 bridgehead atoms. The lowest BCUT2D eigenvalue weighted by Gasteiger charge is -2.34.